The van der Waals surface area contributed by atoms with Crippen molar-refractivity contribution in [2.45, 2.75) is 161 Å². The third kappa shape index (κ3) is 36.0. The van der Waals surface area contributed by atoms with Crippen molar-refractivity contribution in [2.24, 2.45) is 0 Å². The summed E-state index contributed by atoms with van der Waals surface area (Å²) >= 11 is 0. The highest BCUT2D eigenvalue weighted by molar-refractivity contribution is 7.47. The highest BCUT2D eigenvalue weighted by atomic mass is 31.2. The Morgan fingerprint density at radius 2 is 1.10 bits per heavy atom. The molecule has 0 aliphatic heterocycles. The molecule has 0 fully saturated rings. The minimum absolute atomic E-state index is 0.0272. The molecule has 2 atom stereocenters. The van der Waals surface area contributed by atoms with Gasteiger partial charge in [-0.2, -0.15) is 0 Å². The van der Waals surface area contributed by atoms with E-state index in [0.717, 1.165) is 83.5 Å². The van der Waals surface area contributed by atoms with Crippen molar-refractivity contribution in [1.29, 1.82) is 0 Å². The van der Waals surface area contributed by atoms with Crippen LogP contribution in [0.4, 0.5) is 0 Å². The van der Waals surface area contributed by atoms with Crippen LogP contribution in [-0.2, 0) is 32.7 Å². The maximum absolute atomic E-state index is 12.6. The fourth-order valence-corrected chi connectivity index (χ4v) is 5.71. The van der Waals surface area contributed by atoms with Crippen LogP contribution in [0, 0.1) is 0 Å². The highest BCUT2D eigenvalue weighted by Gasteiger charge is 2.27. The Morgan fingerprint density at radius 1 is 0.620 bits per heavy atom. The minimum atomic E-state index is -4.37. The molecule has 0 aliphatic rings. The molecule has 0 heterocycles. The van der Waals surface area contributed by atoms with Crippen LogP contribution in [0.15, 0.2) is 36.5 Å². The summed E-state index contributed by atoms with van der Waals surface area (Å²) in [5.74, 6) is -0.829. The van der Waals surface area contributed by atoms with Crippen LogP contribution in [0.1, 0.15) is 155 Å². The molecule has 292 valence electrons. The number of esters is 2. The van der Waals surface area contributed by atoms with Crippen molar-refractivity contribution in [2.75, 3.05) is 47.5 Å². The molecule has 0 aliphatic carbocycles. The molecule has 1 N–H and O–H groups in total. The number of quaternary nitrogens is 1. The quantitative estimate of drug-likeness (QED) is 0.0226. The normalized spacial score (nSPS) is 14.1. The lowest BCUT2D eigenvalue weighted by Gasteiger charge is -2.24. The van der Waals surface area contributed by atoms with Gasteiger partial charge in [-0.05, 0) is 64.2 Å². The number of unbranched alkanes of at least 4 members (excludes halogenated alkanes) is 15. The van der Waals surface area contributed by atoms with Gasteiger partial charge in [-0.25, -0.2) is 4.57 Å². The molecule has 0 aromatic carbocycles. The van der Waals surface area contributed by atoms with Gasteiger partial charge in [0.2, 0.25) is 0 Å². The van der Waals surface area contributed by atoms with Crippen LogP contribution in [0.5, 0.6) is 0 Å². The van der Waals surface area contributed by atoms with E-state index in [1.165, 1.54) is 38.5 Å². The summed E-state index contributed by atoms with van der Waals surface area (Å²) in [5, 5.41) is 0. The van der Waals surface area contributed by atoms with Gasteiger partial charge < -0.3 is 18.9 Å². The lowest BCUT2D eigenvalue weighted by Crippen LogP contribution is -2.37. The number of allylic oxidation sites excluding steroid dienone is 6. The predicted molar refractivity (Wildman–Crippen MR) is 206 cm³/mol. The topological polar surface area (TPSA) is 108 Å². The number of carbonyl (C=O) groups excluding carboxylic acids is 2. The first-order valence-corrected chi connectivity index (χ1v) is 21.2. The summed E-state index contributed by atoms with van der Waals surface area (Å²) < 4.78 is 34.1. The molecule has 0 saturated carbocycles. The molecule has 10 heteroatoms. The average molecular weight is 729 g/mol. The summed E-state index contributed by atoms with van der Waals surface area (Å²) in [7, 11) is 1.46. The number of nitrogens with zero attached hydrogens (tertiary/aromatic N) is 1. The number of hydrogen-bond acceptors (Lipinski definition) is 7. The van der Waals surface area contributed by atoms with E-state index in [0.29, 0.717) is 17.4 Å². The standard InChI is InChI=1S/C40H74NO8P/c1-6-8-10-12-14-16-18-19-20-21-23-24-26-28-30-32-39(42)46-36-38(37-48-50(44,45)47-35-34-41(3,4)5)49-40(43)33-31-29-27-25-22-17-15-13-11-9-7-2/h13-16,19-20,38H,6-12,17-18,21-37H2,1-5H3/p+1/b15-13-,16-14-,20-19-/t38-/m1/s1. The number of hydrogen-bond donors (Lipinski definition) is 1. The van der Waals surface area contributed by atoms with E-state index in [1.54, 1.807) is 0 Å². The molecule has 1 unspecified atom stereocenters. The molecule has 0 aromatic rings. The number of phosphoric acid groups is 1. The maximum Gasteiger partial charge on any atom is 0.472 e. The van der Waals surface area contributed by atoms with Gasteiger partial charge in [-0.1, -0.05) is 115 Å². The van der Waals surface area contributed by atoms with Crippen LogP contribution in [-0.4, -0.2) is 74.9 Å². The Kier molecular flexibility index (Phi) is 31.9. The molecule has 9 nitrogen and oxygen atoms in total. The van der Waals surface area contributed by atoms with E-state index in [2.05, 4.69) is 50.3 Å². The fraction of sp³-hybridized carbons (Fsp3) is 0.800. The van der Waals surface area contributed by atoms with Crippen LogP contribution in [0.3, 0.4) is 0 Å². The van der Waals surface area contributed by atoms with Gasteiger partial charge in [0.05, 0.1) is 27.7 Å². The van der Waals surface area contributed by atoms with Gasteiger partial charge in [-0.15, -0.1) is 0 Å². The van der Waals surface area contributed by atoms with Crippen molar-refractivity contribution in [3.63, 3.8) is 0 Å². The number of rotatable bonds is 35. The molecule has 0 bridgehead atoms. The molecule has 0 saturated heterocycles. The predicted octanol–water partition coefficient (Wildman–Crippen LogP) is 10.6. The number of ether oxygens (including phenoxy) is 2. The van der Waals surface area contributed by atoms with Crippen LogP contribution in [0.2, 0.25) is 0 Å². The van der Waals surface area contributed by atoms with E-state index < -0.39 is 26.5 Å². The van der Waals surface area contributed by atoms with E-state index in [-0.39, 0.29) is 32.0 Å². The van der Waals surface area contributed by atoms with Gasteiger partial charge in [0.1, 0.15) is 19.8 Å². The maximum atomic E-state index is 12.6. The van der Waals surface area contributed by atoms with Crippen molar-refractivity contribution in [3.05, 3.63) is 36.5 Å². The van der Waals surface area contributed by atoms with Crippen LogP contribution >= 0.6 is 7.82 Å². The molecule has 50 heavy (non-hydrogen) atoms. The summed E-state index contributed by atoms with van der Waals surface area (Å²) in [6.07, 6.45) is 34.7. The van der Waals surface area contributed by atoms with Crippen LogP contribution < -0.4 is 0 Å². The third-order valence-electron chi connectivity index (χ3n) is 8.14. The van der Waals surface area contributed by atoms with E-state index in [1.807, 2.05) is 21.1 Å². The monoisotopic (exact) mass is 729 g/mol. The summed E-state index contributed by atoms with van der Waals surface area (Å²) in [6.45, 7) is 4.31. The van der Waals surface area contributed by atoms with E-state index in [4.69, 9.17) is 18.5 Å². The van der Waals surface area contributed by atoms with E-state index >= 15 is 0 Å². The molecule has 0 radical (unpaired) electrons. The second-order valence-electron chi connectivity index (χ2n) is 14.3. The first-order valence-electron chi connectivity index (χ1n) is 19.7. The van der Waals surface area contributed by atoms with Crippen molar-refractivity contribution in [3.8, 4) is 0 Å². The largest absolute Gasteiger partial charge is 0.472 e. The first kappa shape index (κ1) is 48.2. The third-order valence-corrected chi connectivity index (χ3v) is 9.13. The lowest BCUT2D eigenvalue weighted by atomic mass is 10.1. The smallest absolute Gasteiger partial charge is 0.462 e. The Bertz CT molecular complexity index is 959. The molecular weight excluding hydrogens is 653 g/mol. The summed E-state index contributed by atoms with van der Waals surface area (Å²) in [4.78, 5) is 35.2. The van der Waals surface area contributed by atoms with Crippen molar-refractivity contribution >= 4 is 19.8 Å². The van der Waals surface area contributed by atoms with Crippen molar-refractivity contribution < 1.29 is 42.1 Å². The van der Waals surface area contributed by atoms with Gasteiger partial charge >= 0.3 is 19.8 Å². The lowest BCUT2D eigenvalue weighted by molar-refractivity contribution is -0.870. The number of phosphoric ester groups is 1. The van der Waals surface area contributed by atoms with Gasteiger partial charge in [0.25, 0.3) is 0 Å². The number of carbonyl (C=O) groups is 2. The summed E-state index contributed by atoms with van der Waals surface area (Å²) in [6, 6.07) is 0. The molecule has 0 amide bonds. The minimum Gasteiger partial charge on any atom is -0.462 e. The highest BCUT2D eigenvalue weighted by Crippen LogP contribution is 2.43. The van der Waals surface area contributed by atoms with Gasteiger partial charge in [0, 0.05) is 12.8 Å². The average Bonchev–Trinajstić information content (AvgIpc) is 3.06. The zero-order chi connectivity index (χ0) is 37.2. The SMILES string of the molecule is CCCC/C=C\CCCCCCCC(=O)O[C@H](COC(=O)CCCCCCC/C=C\C/C=C\CCCCC)COP(=O)(O)OCC[N+](C)(C)C. The fourth-order valence-electron chi connectivity index (χ4n) is 4.96. The Balaban J connectivity index is 4.45. The Hall–Kier alpha value is -1.77. The molecule has 0 spiro atoms. The second-order valence-corrected chi connectivity index (χ2v) is 15.8. The zero-order valence-corrected chi connectivity index (χ0v) is 33.5. The molecule has 0 rings (SSSR count). The van der Waals surface area contributed by atoms with Crippen LogP contribution in [0.25, 0.3) is 0 Å². The van der Waals surface area contributed by atoms with E-state index in [9.17, 15) is 19.0 Å². The number of likely N-dealkylation sites (N-methyl/N-ethyl adjacent to an activating group) is 1. The molecular formula is C40H75NO8P+. The second kappa shape index (κ2) is 33.1. The Labute approximate surface area is 306 Å². The van der Waals surface area contributed by atoms with Gasteiger partial charge in [0.15, 0.2) is 6.10 Å². The molecule has 0 aromatic heterocycles. The van der Waals surface area contributed by atoms with Gasteiger partial charge in [-0.3, -0.25) is 18.6 Å². The zero-order valence-electron chi connectivity index (χ0n) is 32.6. The van der Waals surface area contributed by atoms with Crippen molar-refractivity contribution in [1.82, 2.24) is 0 Å². The first-order chi connectivity index (χ1) is 24.0. The Morgan fingerprint density at radius 3 is 1.66 bits per heavy atom. The summed E-state index contributed by atoms with van der Waals surface area (Å²) in [5.41, 5.74) is 0.